The largest absolute Gasteiger partial charge is 0.481 e. The standard InChI is InChI=1S/C13H17F3N2O4/c1-7-8(9(6-22-7)13(14,15)16)4-5-18-12(21)10(17)2-3-11(19)20/h6,10H,2-5,17H2,1H3,(H,18,21)(H,19,20)/t10-/m0/s1. The van der Waals surface area contributed by atoms with Crippen LogP contribution in [0.4, 0.5) is 13.2 Å². The fourth-order valence-corrected chi connectivity index (χ4v) is 1.88. The van der Waals surface area contributed by atoms with Gasteiger partial charge in [0, 0.05) is 18.5 Å². The van der Waals surface area contributed by atoms with Crippen LogP contribution in [0.5, 0.6) is 0 Å². The molecule has 1 amide bonds. The third-order valence-corrected chi connectivity index (χ3v) is 3.09. The van der Waals surface area contributed by atoms with Crippen molar-refractivity contribution in [2.24, 2.45) is 5.73 Å². The molecule has 0 fully saturated rings. The van der Waals surface area contributed by atoms with Gasteiger partial charge in [0.25, 0.3) is 0 Å². The minimum Gasteiger partial charge on any atom is -0.481 e. The molecular formula is C13H17F3N2O4. The van der Waals surface area contributed by atoms with Gasteiger partial charge < -0.3 is 20.6 Å². The van der Waals surface area contributed by atoms with Gasteiger partial charge in [0.05, 0.1) is 11.6 Å². The van der Waals surface area contributed by atoms with Gasteiger partial charge in [0.2, 0.25) is 5.91 Å². The molecule has 4 N–H and O–H groups in total. The monoisotopic (exact) mass is 322 g/mol. The van der Waals surface area contributed by atoms with Gasteiger partial charge >= 0.3 is 12.1 Å². The number of nitrogens with two attached hydrogens (primary N) is 1. The van der Waals surface area contributed by atoms with Crippen LogP contribution in [0, 0.1) is 6.92 Å². The summed E-state index contributed by atoms with van der Waals surface area (Å²) in [4.78, 5) is 21.9. The molecule has 0 aliphatic heterocycles. The van der Waals surface area contributed by atoms with E-state index in [2.05, 4.69) is 5.32 Å². The number of halogens is 3. The molecule has 124 valence electrons. The highest BCUT2D eigenvalue weighted by atomic mass is 19.4. The van der Waals surface area contributed by atoms with E-state index in [0.29, 0.717) is 6.26 Å². The number of hydrogen-bond donors (Lipinski definition) is 3. The van der Waals surface area contributed by atoms with Crippen LogP contribution in [-0.4, -0.2) is 29.6 Å². The maximum atomic E-state index is 12.7. The topological polar surface area (TPSA) is 106 Å². The van der Waals surface area contributed by atoms with Crippen molar-refractivity contribution < 1.29 is 32.3 Å². The number of furan rings is 1. The normalized spacial score (nSPS) is 13.0. The van der Waals surface area contributed by atoms with E-state index in [-0.39, 0.29) is 37.1 Å². The first-order valence-corrected chi connectivity index (χ1v) is 6.52. The molecule has 6 nitrogen and oxygen atoms in total. The van der Waals surface area contributed by atoms with Crippen molar-refractivity contribution in [2.75, 3.05) is 6.54 Å². The van der Waals surface area contributed by atoms with E-state index in [1.54, 1.807) is 0 Å². The second-order valence-corrected chi connectivity index (χ2v) is 4.76. The molecule has 1 aromatic rings. The van der Waals surface area contributed by atoms with E-state index in [4.69, 9.17) is 15.3 Å². The number of carboxylic acids is 1. The summed E-state index contributed by atoms with van der Waals surface area (Å²) < 4.78 is 43.0. The minimum atomic E-state index is -4.52. The SMILES string of the molecule is Cc1occ(C(F)(F)F)c1CCNC(=O)[C@@H](N)CCC(=O)O. The van der Waals surface area contributed by atoms with E-state index in [1.165, 1.54) is 6.92 Å². The summed E-state index contributed by atoms with van der Waals surface area (Å²) in [6, 6.07) is -1.01. The van der Waals surface area contributed by atoms with Gasteiger partial charge in [-0.25, -0.2) is 0 Å². The third-order valence-electron chi connectivity index (χ3n) is 3.09. The number of carboxylic acid groups (broad SMARTS) is 1. The maximum absolute atomic E-state index is 12.7. The molecule has 1 rings (SSSR count). The Kier molecular flexibility index (Phi) is 5.98. The van der Waals surface area contributed by atoms with Crippen molar-refractivity contribution in [1.29, 1.82) is 0 Å². The number of carbonyl (C=O) groups is 2. The van der Waals surface area contributed by atoms with Crippen LogP contribution in [0.15, 0.2) is 10.7 Å². The molecule has 0 saturated heterocycles. The van der Waals surface area contributed by atoms with Crippen molar-refractivity contribution in [3.05, 3.63) is 23.2 Å². The first kappa shape index (κ1) is 18.0. The number of amides is 1. The third kappa shape index (κ3) is 5.06. The molecule has 1 heterocycles. The summed E-state index contributed by atoms with van der Waals surface area (Å²) in [6.45, 7) is 1.36. The van der Waals surface area contributed by atoms with Gasteiger partial charge in [0.1, 0.15) is 12.0 Å². The van der Waals surface area contributed by atoms with Gasteiger partial charge in [0.15, 0.2) is 0 Å². The van der Waals surface area contributed by atoms with E-state index in [9.17, 15) is 22.8 Å². The fraction of sp³-hybridized carbons (Fsp3) is 0.538. The van der Waals surface area contributed by atoms with Crippen LogP contribution in [0.3, 0.4) is 0 Å². The van der Waals surface area contributed by atoms with Gasteiger partial charge in [-0.05, 0) is 19.8 Å². The Morgan fingerprint density at radius 2 is 2.09 bits per heavy atom. The zero-order valence-corrected chi connectivity index (χ0v) is 11.9. The summed E-state index contributed by atoms with van der Waals surface area (Å²) in [5.41, 5.74) is 4.59. The number of aliphatic carboxylic acids is 1. The van der Waals surface area contributed by atoms with E-state index in [1.807, 2.05) is 0 Å². The Labute approximate surface area is 124 Å². The molecule has 0 radical (unpaired) electrons. The number of alkyl halides is 3. The van der Waals surface area contributed by atoms with E-state index >= 15 is 0 Å². The molecule has 9 heteroatoms. The summed E-state index contributed by atoms with van der Waals surface area (Å²) in [5, 5.41) is 10.9. The molecule has 0 bridgehead atoms. The molecule has 1 atom stereocenters. The quantitative estimate of drug-likeness (QED) is 0.705. The van der Waals surface area contributed by atoms with Gasteiger partial charge in [-0.15, -0.1) is 0 Å². The second-order valence-electron chi connectivity index (χ2n) is 4.76. The average Bonchev–Trinajstić information content (AvgIpc) is 2.77. The van der Waals surface area contributed by atoms with Gasteiger partial charge in [-0.2, -0.15) is 13.2 Å². The van der Waals surface area contributed by atoms with Crippen LogP contribution in [0.25, 0.3) is 0 Å². The van der Waals surface area contributed by atoms with Crippen LogP contribution >= 0.6 is 0 Å². The Morgan fingerprint density at radius 3 is 2.64 bits per heavy atom. The predicted molar refractivity (Wildman–Crippen MR) is 70.0 cm³/mol. The zero-order valence-electron chi connectivity index (χ0n) is 11.9. The lowest BCUT2D eigenvalue weighted by Crippen LogP contribution is -2.41. The van der Waals surface area contributed by atoms with Crippen molar-refractivity contribution in [3.8, 4) is 0 Å². The lowest BCUT2D eigenvalue weighted by molar-refractivity contribution is -0.139. The maximum Gasteiger partial charge on any atom is 0.419 e. The molecule has 0 aromatic carbocycles. The lowest BCUT2D eigenvalue weighted by atomic mass is 10.1. The molecular weight excluding hydrogens is 305 g/mol. The number of aryl methyl sites for hydroxylation is 1. The molecule has 0 unspecified atom stereocenters. The van der Waals surface area contributed by atoms with E-state index in [0.717, 1.165) is 0 Å². The lowest BCUT2D eigenvalue weighted by Gasteiger charge is -2.12. The predicted octanol–water partition coefficient (Wildman–Crippen LogP) is 1.46. The van der Waals surface area contributed by atoms with Crippen LogP contribution in [0.2, 0.25) is 0 Å². The first-order valence-electron chi connectivity index (χ1n) is 6.52. The zero-order chi connectivity index (χ0) is 16.9. The van der Waals surface area contributed by atoms with Gasteiger partial charge in [-0.3, -0.25) is 9.59 Å². The second kappa shape index (κ2) is 7.30. The van der Waals surface area contributed by atoms with Crippen molar-refractivity contribution >= 4 is 11.9 Å². The number of carbonyl (C=O) groups excluding carboxylic acids is 1. The number of hydrogen-bond acceptors (Lipinski definition) is 4. The summed E-state index contributed by atoms with van der Waals surface area (Å²) in [5.74, 6) is -1.54. The molecule has 1 aromatic heterocycles. The summed E-state index contributed by atoms with van der Waals surface area (Å²) >= 11 is 0. The summed E-state index contributed by atoms with van der Waals surface area (Å²) in [6.07, 6.45) is -4.23. The smallest absolute Gasteiger partial charge is 0.419 e. The highest BCUT2D eigenvalue weighted by Crippen LogP contribution is 2.34. The van der Waals surface area contributed by atoms with Crippen LogP contribution in [-0.2, 0) is 22.2 Å². The molecule has 0 aliphatic rings. The Balaban J connectivity index is 2.53. The van der Waals surface area contributed by atoms with Crippen molar-refractivity contribution in [3.63, 3.8) is 0 Å². The highest BCUT2D eigenvalue weighted by Gasteiger charge is 2.36. The Hall–Kier alpha value is -2.03. The van der Waals surface area contributed by atoms with Crippen molar-refractivity contribution in [1.82, 2.24) is 5.32 Å². The first-order chi connectivity index (χ1) is 10.1. The number of nitrogens with one attached hydrogen (secondary N) is 1. The van der Waals surface area contributed by atoms with Crippen LogP contribution in [0.1, 0.15) is 29.7 Å². The van der Waals surface area contributed by atoms with E-state index < -0.39 is 29.7 Å². The molecule has 0 spiro atoms. The Morgan fingerprint density at radius 1 is 1.45 bits per heavy atom. The fourth-order valence-electron chi connectivity index (χ4n) is 1.88. The Bertz CT molecular complexity index is 540. The average molecular weight is 322 g/mol. The number of rotatable bonds is 7. The highest BCUT2D eigenvalue weighted by molar-refractivity contribution is 5.82. The molecule has 0 aliphatic carbocycles. The van der Waals surface area contributed by atoms with Crippen molar-refractivity contribution in [2.45, 2.75) is 38.4 Å². The molecule has 22 heavy (non-hydrogen) atoms. The summed E-state index contributed by atoms with van der Waals surface area (Å²) in [7, 11) is 0. The minimum absolute atomic E-state index is 0.0214. The molecule has 0 saturated carbocycles. The van der Waals surface area contributed by atoms with Gasteiger partial charge in [-0.1, -0.05) is 0 Å². The van der Waals surface area contributed by atoms with Crippen LogP contribution < -0.4 is 11.1 Å².